The number of hydrogen-bond donors (Lipinski definition) is 2. The Morgan fingerprint density at radius 2 is 1.64 bits per heavy atom. The smallest absolute Gasteiger partial charge is 0.287 e. The number of nitrogens with one attached hydrogen (secondary N) is 1. The minimum Gasteiger partial charge on any atom is -0.363 e. The first-order chi connectivity index (χ1) is 13.5. The van der Waals surface area contributed by atoms with Gasteiger partial charge in [0.2, 0.25) is 5.78 Å². The van der Waals surface area contributed by atoms with Gasteiger partial charge in [-0.1, -0.05) is 60.7 Å². The van der Waals surface area contributed by atoms with E-state index in [1.165, 1.54) is 6.20 Å². The second-order valence-corrected chi connectivity index (χ2v) is 6.34. The topological polar surface area (TPSA) is 107 Å². The SMILES string of the molecule is Cn1ncc(C(=O)N[C@@H](Cc2ccccc2)C(=O)C(N)=O)c1-c1ccccc1. The zero-order chi connectivity index (χ0) is 20.1. The number of aryl methyl sites for hydroxylation is 1. The Bertz CT molecular complexity index is 997. The van der Waals surface area contributed by atoms with E-state index in [9.17, 15) is 14.4 Å². The monoisotopic (exact) mass is 376 g/mol. The molecule has 1 heterocycles. The van der Waals surface area contributed by atoms with Gasteiger partial charge in [0, 0.05) is 19.0 Å². The summed E-state index contributed by atoms with van der Waals surface area (Å²) in [4.78, 5) is 36.6. The summed E-state index contributed by atoms with van der Waals surface area (Å²) in [5.41, 5.74) is 7.71. The number of rotatable bonds is 7. The van der Waals surface area contributed by atoms with E-state index >= 15 is 0 Å². The van der Waals surface area contributed by atoms with E-state index in [0.29, 0.717) is 11.3 Å². The van der Waals surface area contributed by atoms with Gasteiger partial charge in [-0.05, 0) is 5.56 Å². The predicted molar refractivity (Wildman–Crippen MR) is 104 cm³/mol. The summed E-state index contributed by atoms with van der Waals surface area (Å²) in [7, 11) is 1.73. The van der Waals surface area contributed by atoms with Crippen LogP contribution in [0.4, 0.5) is 0 Å². The molecule has 0 unspecified atom stereocenters. The van der Waals surface area contributed by atoms with Gasteiger partial charge in [0.15, 0.2) is 0 Å². The van der Waals surface area contributed by atoms with E-state index in [0.717, 1.165) is 11.1 Å². The molecule has 0 spiro atoms. The molecule has 3 rings (SSSR count). The number of primary amides is 1. The second-order valence-electron chi connectivity index (χ2n) is 6.34. The standard InChI is InChI=1S/C21H20N4O3/c1-25-18(15-10-6-3-7-11-15)16(13-23-25)21(28)24-17(19(26)20(22)27)12-14-8-4-2-5-9-14/h2-11,13,17H,12H2,1H3,(H2,22,27)(H,24,28)/t17-/m0/s1. The van der Waals surface area contributed by atoms with Crippen LogP contribution in [0, 0.1) is 0 Å². The highest BCUT2D eigenvalue weighted by Crippen LogP contribution is 2.23. The van der Waals surface area contributed by atoms with Crippen molar-refractivity contribution in [1.82, 2.24) is 15.1 Å². The molecule has 1 aromatic heterocycles. The molecule has 1 atom stereocenters. The minimum absolute atomic E-state index is 0.162. The maximum absolute atomic E-state index is 12.9. The van der Waals surface area contributed by atoms with Gasteiger partial charge in [-0.3, -0.25) is 19.1 Å². The van der Waals surface area contributed by atoms with Gasteiger partial charge < -0.3 is 11.1 Å². The van der Waals surface area contributed by atoms with Crippen molar-refractivity contribution in [3.05, 3.63) is 78.0 Å². The Morgan fingerprint density at radius 1 is 1.04 bits per heavy atom. The molecule has 7 nitrogen and oxygen atoms in total. The third-order valence-corrected chi connectivity index (χ3v) is 4.38. The van der Waals surface area contributed by atoms with Gasteiger partial charge in [0.1, 0.15) is 6.04 Å². The average Bonchev–Trinajstić information content (AvgIpc) is 3.09. The van der Waals surface area contributed by atoms with Crippen LogP contribution < -0.4 is 11.1 Å². The number of nitrogens with zero attached hydrogens (tertiary/aromatic N) is 2. The highest BCUT2D eigenvalue weighted by molar-refractivity contribution is 6.38. The van der Waals surface area contributed by atoms with E-state index in [1.807, 2.05) is 60.7 Å². The summed E-state index contributed by atoms with van der Waals surface area (Å²) in [6.45, 7) is 0. The molecule has 0 aliphatic heterocycles. The molecule has 3 aromatic rings. The molecule has 0 saturated carbocycles. The summed E-state index contributed by atoms with van der Waals surface area (Å²) < 4.78 is 1.59. The maximum Gasteiger partial charge on any atom is 0.287 e. The van der Waals surface area contributed by atoms with Crippen molar-refractivity contribution >= 4 is 17.6 Å². The van der Waals surface area contributed by atoms with Crippen LogP contribution in [-0.2, 0) is 23.1 Å². The number of amides is 2. The van der Waals surface area contributed by atoms with Gasteiger partial charge in [-0.2, -0.15) is 5.10 Å². The summed E-state index contributed by atoms with van der Waals surface area (Å²) in [6, 6.07) is 17.4. The molecule has 28 heavy (non-hydrogen) atoms. The van der Waals surface area contributed by atoms with Crippen LogP contribution in [0.15, 0.2) is 66.9 Å². The van der Waals surface area contributed by atoms with E-state index < -0.39 is 23.6 Å². The molecule has 0 aliphatic rings. The highest BCUT2D eigenvalue weighted by Gasteiger charge is 2.27. The summed E-state index contributed by atoms with van der Waals surface area (Å²) in [5.74, 6) is -2.43. The van der Waals surface area contributed by atoms with Crippen LogP contribution in [0.2, 0.25) is 0 Å². The number of carbonyl (C=O) groups excluding carboxylic acids is 3. The maximum atomic E-state index is 12.9. The summed E-state index contributed by atoms with van der Waals surface area (Å²) in [6.07, 6.45) is 1.60. The van der Waals surface area contributed by atoms with Gasteiger partial charge in [-0.25, -0.2) is 0 Å². The summed E-state index contributed by atoms with van der Waals surface area (Å²) in [5, 5.41) is 6.81. The van der Waals surface area contributed by atoms with Crippen LogP contribution in [0.25, 0.3) is 11.3 Å². The second kappa shape index (κ2) is 8.30. The lowest BCUT2D eigenvalue weighted by molar-refractivity contribution is -0.137. The first kappa shape index (κ1) is 19.0. The van der Waals surface area contributed by atoms with E-state index in [-0.39, 0.29) is 6.42 Å². The third kappa shape index (κ3) is 4.15. The fraction of sp³-hybridized carbons (Fsp3) is 0.143. The fourth-order valence-corrected chi connectivity index (χ4v) is 3.01. The van der Waals surface area contributed by atoms with E-state index in [4.69, 9.17) is 5.73 Å². The molecule has 0 aliphatic carbocycles. The number of hydrogen-bond acceptors (Lipinski definition) is 4. The minimum atomic E-state index is -1.09. The normalized spacial score (nSPS) is 11.6. The molecule has 0 fully saturated rings. The Morgan fingerprint density at radius 3 is 2.25 bits per heavy atom. The van der Waals surface area contributed by atoms with Crippen molar-refractivity contribution in [3.63, 3.8) is 0 Å². The van der Waals surface area contributed by atoms with Crippen molar-refractivity contribution in [1.29, 1.82) is 0 Å². The number of ketones is 1. The van der Waals surface area contributed by atoms with Gasteiger partial charge >= 0.3 is 0 Å². The molecule has 0 bridgehead atoms. The van der Waals surface area contributed by atoms with Crippen molar-refractivity contribution in [2.75, 3.05) is 0 Å². The van der Waals surface area contributed by atoms with E-state index in [1.54, 1.807) is 11.7 Å². The Kier molecular flexibility index (Phi) is 5.64. The highest BCUT2D eigenvalue weighted by atomic mass is 16.2. The van der Waals surface area contributed by atoms with Gasteiger partial charge in [0.25, 0.3) is 11.8 Å². The van der Waals surface area contributed by atoms with Crippen LogP contribution in [0.1, 0.15) is 15.9 Å². The largest absolute Gasteiger partial charge is 0.363 e. The molecule has 0 saturated heterocycles. The first-order valence-corrected chi connectivity index (χ1v) is 8.73. The number of carbonyl (C=O) groups is 3. The third-order valence-electron chi connectivity index (χ3n) is 4.38. The molecule has 7 heteroatoms. The molecule has 2 amide bonds. The molecule has 142 valence electrons. The van der Waals surface area contributed by atoms with Crippen LogP contribution >= 0.6 is 0 Å². The lowest BCUT2D eigenvalue weighted by Gasteiger charge is -2.16. The summed E-state index contributed by atoms with van der Waals surface area (Å²) >= 11 is 0. The number of nitrogens with two attached hydrogens (primary N) is 1. The van der Waals surface area contributed by atoms with Crippen molar-refractivity contribution in [3.8, 4) is 11.3 Å². The van der Waals surface area contributed by atoms with Crippen molar-refractivity contribution < 1.29 is 14.4 Å². The zero-order valence-electron chi connectivity index (χ0n) is 15.3. The number of benzene rings is 2. The zero-order valence-corrected chi connectivity index (χ0v) is 15.3. The molecule has 3 N–H and O–H groups in total. The number of Topliss-reactive ketones (excluding diaryl/α,β-unsaturated/α-hetero) is 1. The molecule has 0 radical (unpaired) electrons. The lowest BCUT2D eigenvalue weighted by atomic mass is 10.0. The lowest BCUT2D eigenvalue weighted by Crippen LogP contribution is -2.47. The van der Waals surface area contributed by atoms with Crippen molar-refractivity contribution in [2.24, 2.45) is 12.8 Å². The Hall–Kier alpha value is -3.74. The number of aromatic nitrogens is 2. The quantitative estimate of drug-likeness (QED) is 0.609. The van der Waals surface area contributed by atoms with Gasteiger partial charge in [-0.15, -0.1) is 0 Å². The molecular weight excluding hydrogens is 356 g/mol. The van der Waals surface area contributed by atoms with Crippen molar-refractivity contribution in [2.45, 2.75) is 12.5 Å². The Balaban J connectivity index is 1.89. The van der Waals surface area contributed by atoms with Crippen LogP contribution in [0.3, 0.4) is 0 Å². The van der Waals surface area contributed by atoms with E-state index in [2.05, 4.69) is 10.4 Å². The average molecular weight is 376 g/mol. The first-order valence-electron chi connectivity index (χ1n) is 8.73. The molecule has 2 aromatic carbocycles. The van der Waals surface area contributed by atoms with Gasteiger partial charge in [0.05, 0.1) is 17.5 Å². The molecular formula is C21H20N4O3. The Labute approximate surface area is 162 Å². The van der Waals surface area contributed by atoms with Crippen LogP contribution in [0.5, 0.6) is 0 Å². The predicted octanol–water partition coefficient (Wildman–Crippen LogP) is 1.48. The fourth-order valence-electron chi connectivity index (χ4n) is 3.01. The van der Waals surface area contributed by atoms with Crippen LogP contribution in [-0.4, -0.2) is 33.4 Å².